The first kappa shape index (κ1) is 22.9. The second kappa shape index (κ2) is 11.0. The van der Waals surface area contributed by atoms with Crippen LogP contribution in [0, 0.1) is 12.8 Å². The Kier molecular flexibility index (Phi) is 8.70. The lowest BCUT2D eigenvalue weighted by atomic mass is 10.1. The van der Waals surface area contributed by atoms with Crippen molar-refractivity contribution in [2.24, 2.45) is 5.92 Å². The number of nitrogens with zero attached hydrogens (tertiary/aromatic N) is 1. The molecule has 0 radical (unpaired) electrons. The Bertz CT molecular complexity index is 838. The highest BCUT2D eigenvalue weighted by atomic mass is 79.9. The van der Waals surface area contributed by atoms with Gasteiger partial charge in [0, 0.05) is 17.6 Å². The highest BCUT2D eigenvalue weighted by molar-refractivity contribution is 9.10. The number of aryl methyl sites for hydroxylation is 1. The van der Waals surface area contributed by atoms with Crippen molar-refractivity contribution in [2.45, 2.75) is 40.3 Å². The number of rotatable bonds is 9. The third-order valence-electron chi connectivity index (χ3n) is 4.45. The fourth-order valence-corrected chi connectivity index (χ4v) is 3.25. The molecule has 0 aliphatic carbocycles. The largest absolute Gasteiger partial charge is 0.484 e. The van der Waals surface area contributed by atoms with E-state index in [9.17, 15) is 9.59 Å². The maximum atomic E-state index is 13.0. The Hall–Kier alpha value is -2.34. The summed E-state index contributed by atoms with van der Waals surface area (Å²) in [7, 11) is 0. The molecule has 2 amide bonds. The number of carbonyl (C=O) groups is 2. The summed E-state index contributed by atoms with van der Waals surface area (Å²) >= 11 is 3.46. The summed E-state index contributed by atoms with van der Waals surface area (Å²) in [5.74, 6) is 0.569. The van der Waals surface area contributed by atoms with E-state index in [0.717, 1.165) is 15.6 Å². The quantitative estimate of drug-likeness (QED) is 0.605. The van der Waals surface area contributed by atoms with E-state index in [4.69, 9.17) is 4.74 Å². The van der Waals surface area contributed by atoms with Crippen LogP contribution in [0.3, 0.4) is 0 Å². The van der Waals surface area contributed by atoms with Gasteiger partial charge in [0.15, 0.2) is 6.61 Å². The maximum absolute atomic E-state index is 13.0. The molecule has 29 heavy (non-hydrogen) atoms. The second-order valence-corrected chi connectivity index (χ2v) is 8.49. The van der Waals surface area contributed by atoms with Gasteiger partial charge in [0.2, 0.25) is 5.91 Å². The van der Waals surface area contributed by atoms with E-state index in [1.807, 2.05) is 69.3 Å². The molecule has 2 aromatic rings. The van der Waals surface area contributed by atoms with E-state index in [0.29, 0.717) is 24.8 Å². The van der Waals surface area contributed by atoms with Crippen LogP contribution in [0.25, 0.3) is 0 Å². The predicted octanol–water partition coefficient (Wildman–Crippen LogP) is 4.33. The molecule has 0 aromatic heterocycles. The zero-order chi connectivity index (χ0) is 21.4. The number of amides is 2. The molecule has 0 aliphatic rings. The van der Waals surface area contributed by atoms with Gasteiger partial charge in [0.1, 0.15) is 11.8 Å². The average molecular weight is 461 g/mol. The molecule has 2 aromatic carbocycles. The van der Waals surface area contributed by atoms with E-state index in [1.165, 1.54) is 0 Å². The first-order chi connectivity index (χ1) is 13.8. The zero-order valence-corrected chi connectivity index (χ0v) is 19.0. The minimum Gasteiger partial charge on any atom is -0.484 e. The van der Waals surface area contributed by atoms with Gasteiger partial charge in [-0.05, 0) is 55.2 Å². The normalized spacial score (nSPS) is 11.8. The van der Waals surface area contributed by atoms with Crippen molar-refractivity contribution in [3.05, 3.63) is 64.1 Å². The maximum Gasteiger partial charge on any atom is 0.261 e. The topological polar surface area (TPSA) is 58.6 Å². The van der Waals surface area contributed by atoms with Crippen LogP contribution >= 0.6 is 15.9 Å². The number of ether oxygens (including phenoxy) is 1. The number of halogens is 1. The van der Waals surface area contributed by atoms with Gasteiger partial charge in [0.05, 0.1) is 0 Å². The molecule has 0 fully saturated rings. The molecule has 0 aliphatic heterocycles. The van der Waals surface area contributed by atoms with Crippen molar-refractivity contribution in [3.8, 4) is 5.75 Å². The molecule has 0 spiro atoms. The molecular weight excluding hydrogens is 432 g/mol. The van der Waals surface area contributed by atoms with E-state index >= 15 is 0 Å². The minimum atomic E-state index is -0.610. The van der Waals surface area contributed by atoms with Crippen LogP contribution in [-0.4, -0.2) is 35.9 Å². The van der Waals surface area contributed by atoms with Gasteiger partial charge >= 0.3 is 0 Å². The van der Waals surface area contributed by atoms with Gasteiger partial charge in [0.25, 0.3) is 5.91 Å². The molecule has 6 heteroatoms. The van der Waals surface area contributed by atoms with Crippen LogP contribution in [0.1, 0.15) is 31.9 Å². The summed E-state index contributed by atoms with van der Waals surface area (Å²) in [6.07, 6.45) is 0. The molecule has 0 saturated carbocycles. The number of nitrogens with one attached hydrogen (secondary N) is 1. The molecular formula is C23H29BrN2O3. The zero-order valence-electron chi connectivity index (χ0n) is 17.4. The molecule has 0 heterocycles. The Morgan fingerprint density at radius 2 is 1.83 bits per heavy atom. The van der Waals surface area contributed by atoms with Crippen LogP contribution < -0.4 is 10.1 Å². The van der Waals surface area contributed by atoms with Crippen molar-refractivity contribution >= 4 is 27.7 Å². The lowest BCUT2D eigenvalue weighted by Gasteiger charge is -2.29. The van der Waals surface area contributed by atoms with Crippen LogP contribution in [0.5, 0.6) is 5.75 Å². The lowest BCUT2D eigenvalue weighted by molar-refractivity contribution is -0.142. The number of carbonyl (C=O) groups excluding carboxylic acids is 2. The van der Waals surface area contributed by atoms with Gasteiger partial charge in [-0.3, -0.25) is 9.59 Å². The SMILES string of the molecule is Cc1cccc(OCC(=O)N(Cc2cccc(Br)c2)[C@H](C)C(=O)NCC(C)C)c1. The van der Waals surface area contributed by atoms with Crippen molar-refractivity contribution in [3.63, 3.8) is 0 Å². The molecule has 5 nitrogen and oxygen atoms in total. The van der Waals surface area contributed by atoms with Crippen LogP contribution in [-0.2, 0) is 16.1 Å². The second-order valence-electron chi connectivity index (χ2n) is 7.57. The standard InChI is InChI=1S/C23H29BrN2O3/c1-16(2)13-25-23(28)18(4)26(14-19-8-6-9-20(24)12-19)22(27)15-29-21-10-5-7-17(3)11-21/h5-12,16,18H,13-15H2,1-4H3,(H,25,28)/t18-/m1/s1. The van der Waals surface area contributed by atoms with Crippen molar-refractivity contribution < 1.29 is 14.3 Å². The van der Waals surface area contributed by atoms with Gasteiger partial charge in [-0.1, -0.05) is 54.0 Å². The third-order valence-corrected chi connectivity index (χ3v) is 4.94. The molecule has 0 bridgehead atoms. The fraction of sp³-hybridized carbons (Fsp3) is 0.391. The van der Waals surface area contributed by atoms with Gasteiger partial charge in [-0.25, -0.2) is 0 Å². The Labute approximate surface area is 181 Å². The number of hydrogen-bond donors (Lipinski definition) is 1. The summed E-state index contributed by atoms with van der Waals surface area (Å²) in [6, 6.07) is 14.7. The van der Waals surface area contributed by atoms with Gasteiger partial charge < -0.3 is 15.0 Å². The third kappa shape index (κ3) is 7.54. The van der Waals surface area contributed by atoms with Crippen LogP contribution in [0.2, 0.25) is 0 Å². The summed E-state index contributed by atoms with van der Waals surface area (Å²) in [5.41, 5.74) is 1.99. The molecule has 1 atom stereocenters. The van der Waals surface area contributed by atoms with Crippen molar-refractivity contribution in [1.29, 1.82) is 0 Å². The first-order valence-electron chi connectivity index (χ1n) is 9.77. The van der Waals surface area contributed by atoms with Gasteiger partial charge in [-0.15, -0.1) is 0 Å². The predicted molar refractivity (Wildman–Crippen MR) is 119 cm³/mol. The molecule has 0 unspecified atom stereocenters. The Balaban J connectivity index is 2.13. The van der Waals surface area contributed by atoms with E-state index in [1.54, 1.807) is 11.8 Å². The Morgan fingerprint density at radius 1 is 1.10 bits per heavy atom. The van der Waals surface area contributed by atoms with E-state index in [-0.39, 0.29) is 18.4 Å². The highest BCUT2D eigenvalue weighted by Crippen LogP contribution is 2.17. The van der Waals surface area contributed by atoms with E-state index in [2.05, 4.69) is 21.2 Å². The van der Waals surface area contributed by atoms with Crippen LogP contribution in [0.4, 0.5) is 0 Å². The summed E-state index contributed by atoms with van der Waals surface area (Å²) < 4.78 is 6.61. The minimum absolute atomic E-state index is 0.126. The van der Waals surface area contributed by atoms with Crippen molar-refractivity contribution in [2.75, 3.05) is 13.2 Å². The Morgan fingerprint density at radius 3 is 2.48 bits per heavy atom. The smallest absolute Gasteiger partial charge is 0.261 e. The summed E-state index contributed by atoms with van der Waals surface area (Å²) in [5, 5.41) is 2.91. The fourth-order valence-electron chi connectivity index (χ4n) is 2.80. The van der Waals surface area contributed by atoms with Gasteiger partial charge in [-0.2, -0.15) is 0 Å². The summed E-state index contributed by atoms with van der Waals surface area (Å²) in [6.45, 7) is 8.55. The lowest BCUT2D eigenvalue weighted by Crippen LogP contribution is -2.49. The summed E-state index contributed by atoms with van der Waals surface area (Å²) in [4.78, 5) is 27.2. The monoisotopic (exact) mass is 460 g/mol. The average Bonchev–Trinajstić information content (AvgIpc) is 2.68. The first-order valence-corrected chi connectivity index (χ1v) is 10.6. The number of hydrogen-bond acceptors (Lipinski definition) is 3. The molecule has 156 valence electrons. The van der Waals surface area contributed by atoms with Crippen LogP contribution in [0.15, 0.2) is 53.0 Å². The van der Waals surface area contributed by atoms with E-state index < -0.39 is 6.04 Å². The number of benzene rings is 2. The molecule has 2 rings (SSSR count). The highest BCUT2D eigenvalue weighted by Gasteiger charge is 2.26. The van der Waals surface area contributed by atoms with Crippen molar-refractivity contribution in [1.82, 2.24) is 10.2 Å². The molecule has 1 N–H and O–H groups in total. The molecule has 0 saturated heterocycles.